The van der Waals surface area contributed by atoms with Crippen molar-refractivity contribution in [2.45, 2.75) is 25.2 Å². The number of hydrogen-bond acceptors (Lipinski definition) is 4. The van der Waals surface area contributed by atoms with E-state index in [2.05, 4.69) is 5.32 Å². The molecule has 1 atom stereocenters. The summed E-state index contributed by atoms with van der Waals surface area (Å²) < 4.78 is 37.1. The van der Waals surface area contributed by atoms with Crippen LogP contribution in [-0.2, 0) is 22.6 Å². The first-order valence-corrected chi connectivity index (χ1v) is 10.9. The van der Waals surface area contributed by atoms with Gasteiger partial charge in [0, 0.05) is 18.7 Å². The van der Waals surface area contributed by atoms with Gasteiger partial charge in [-0.1, -0.05) is 54.6 Å². The Morgan fingerprint density at radius 3 is 1.89 bits per heavy atom. The van der Waals surface area contributed by atoms with Gasteiger partial charge in [0.2, 0.25) is 5.91 Å². The maximum atomic E-state index is 13.3. The summed E-state index contributed by atoms with van der Waals surface area (Å²) in [6, 6.07) is 19.9. The number of anilines is 1. The van der Waals surface area contributed by atoms with Crippen LogP contribution in [-0.4, -0.2) is 40.7 Å². The second-order valence-electron chi connectivity index (χ2n) is 8.10. The summed E-state index contributed by atoms with van der Waals surface area (Å²) in [4.78, 5) is 51.3. The fraction of sp³-hybridized carbons (Fsp3) is 0.154. The van der Waals surface area contributed by atoms with Gasteiger partial charge < -0.3 is 10.6 Å². The first-order valence-electron chi connectivity index (χ1n) is 10.9. The SMILES string of the molecule is O=C(Nc1ccc(CNC(=O)C(F)(F)F)cc1)C(Cc1ccccc1)N1C(=O)c2ccccc2C1=O. The van der Waals surface area contributed by atoms with Crippen molar-refractivity contribution < 1.29 is 32.3 Å². The van der Waals surface area contributed by atoms with Crippen LogP contribution in [0.1, 0.15) is 31.8 Å². The zero-order valence-corrected chi connectivity index (χ0v) is 18.7. The number of nitrogens with zero attached hydrogens (tertiary/aromatic N) is 1. The van der Waals surface area contributed by atoms with Crippen molar-refractivity contribution in [3.8, 4) is 0 Å². The molecule has 0 spiro atoms. The number of fused-ring (bicyclic) bond motifs is 1. The van der Waals surface area contributed by atoms with E-state index < -0.39 is 35.8 Å². The molecule has 0 saturated carbocycles. The molecule has 4 amide bonds. The number of imide groups is 1. The molecule has 0 fully saturated rings. The number of benzene rings is 3. The number of halogens is 3. The Morgan fingerprint density at radius 2 is 1.33 bits per heavy atom. The van der Waals surface area contributed by atoms with Crippen LogP contribution in [0.25, 0.3) is 0 Å². The highest BCUT2D eigenvalue weighted by molar-refractivity contribution is 6.23. The summed E-state index contributed by atoms with van der Waals surface area (Å²) in [5.74, 6) is -3.79. The van der Waals surface area contributed by atoms with Crippen LogP contribution in [0.4, 0.5) is 18.9 Å². The fourth-order valence-electron chi connectivity index (χ4n) is 3.84. The lowest BCUT2D eigenvalue weighted by molar-refractivity contribution is -0.173. The average molecular weight is 495 g/mol. The molecule has 3 aromatic rings. The summed E-state index contributed by atoms with van der Waals surface area (Å²) in [6.45, 7) is -0.349. The van der Waals surface area contributed by atoms with Crippen LogP contribution < -0.4 is 10.6 Å². The molecule has 36 heavy (non-hydrogen) atoms. The van der Waals surface area contributed by atoms with Crippen molar-refractivity contribution in [1.82, 2.24) is 10.2 Å². The normalized spacial score (nSPS) is 13.8. The van der Waals surface area contributed by atoms with Crippen LogP contribution in [0.5, 0.6) is 0 Å². The lowest BCUT2D eigenvalue weighted by Crippen LogP contribution is -2.48. The van der Waals surface area contributed by atoms with E-state index in [4.69, 9.17) is 0 Å². The minimum Gasteiger partial charge on any atom is -0.344 e. The lowest BCUT2D eigenvalue weighted by Gasteiger charge is -2.25. The predicted octanol–water partition coefficient (Wildman–Crippen LogP) is 3.71. The molecule has 0 radical (unpaired) electrons. The molecule has 0 bridgehead atoms. The Bertz CT molecular complexity index is 1270. The molecule has 1 aliphatic rings. The monoisotopic (exact) mass is 495 g/mol. The average Bonchev–Trinajstić information content (AvgIpc) is 3.11. The van der Waals surface area contributed by atoms with Gasteiger partial charge in [0.05, 0.1) is 11.1 Å². The molecule has 0 aromatic heterocycles. The molecule has 1 heterocycles. The van der Waals surface area contributed by atoms with E-state index in [1.807, 2.05) is 0 Å². The third kappa shape index (κ3) is 5.27. The van der Waals surface area contributed by atoms with Gasteiger partial charge >= 0.3 is 12.1 Å². The Kier molecular flexibility index (Phi) is 6.86. The van der Waals surface area contributed by atoms with Gasteiger partial charge in [0.15, 0.2) is 0 Å². The van der Waals surface area contributed by atoms with Gasteiger partial charge in [-0.05, 0) is 35.4 Å². The van der Waals surface area contributed by atoms with Crippen molar-refractivity contribution in [3.63, 3.8) is 0 Å². The Balaban J connectivity index is 1.52. The zero-order valence-electron chi connectivity index (χ0n) is 18.7. The van der Waals surface area contributed by atoms with Crippen LogP contribution >= 0.6 is 0 Å². The second-order valence-corrected chi connectivity index (χ2v) is 8.10. The topological polar surface area (TPSA) is 95.6 Å². The van der Waals surface area contributed by atoms with Crippen molar-refractivity contribution in [1.29, 1.82) is 0 Å². The predicted molar refractivity (Wildman–Crippen MR) is 124 cm³/mol. The number of hydrogen-bond donors (Lipinski definition) is 2. The van der Waals surface area contributed by atoms with Crippen molar-refractivity contribution in [2.75, 3.05) is 5.32 Å². The summed E-state index contributed by atoms with van der Waals surface area (Å²) in [5, 5.41) is 4.44. The molecular weight excluding hydrogens is 475 g/mol. The minimum atomic E-state index is -4.98. The Labute approximate surface area is 203 Å². The van der Waals surface area contributed by atoms with E-state index in [1.54, 1.807) is 47.8 Å². The Hall–Kier alpha value is -4.47. The van der Waals surface area contributed by atoms with Gasteiger partial charge in [-0.15, -0.1) is 0 Å². The number of carbonyl (C=O) groups excluding carboxylic acids is 4. The molecule has 1 aliphatic heterocycles. The quantitative estimate of drug-likeness (QED) is 0.489. The molecule has 4 rings (SSSR count). The van der Waals surface area contributed by atoms with Gasteiger partial charge in [-0.2, -0.15) is 13.2 Å². The standard InChI is InChI=1S/C26H20F3N3O4/c27-26(28,29)25(36)30-15-17-10-12-18(13-11-17)31-22(33)21(14-16-6-2-1-3-7-16)32-23(34)19-8-4-5-9-20(19)24(32)35/h1-13,21H,14-15H2,(H,30,36)(H,31,33). The fourth-order valence-corrected chi connectivity index (χ4v) is 3.84. The molecule has 0 aliphatic carbocycles. The van der Waals surface area contributed by atoms with Crippen molar-refractivity contribution >= 4 is 29.3 Å². The van der Waals surface area contributed by atoms with Crippen LogP contribution in [0, 0.1) is 0 Å². The largest absolute Gasteiger partial charge is 0.471 e. The van der Waals surface area contributed by atoms with Crippen LogP contribution in [0.3, 0.4) is 0 Å². The van der Waals surface area contributed by atoms with E-state index in [-0.39, 0.29) is 24.1 Å². The molecule has 7 nitrogen and oxygen atoms in total. The highest BCUT2D eigenvalue weighted by atomic mass is 19.4. The number of amides is 4. The second kappa shape index (κ2) is 10.0. The van der Waals surface area contributed by atoms with Gasteiger partial charge in [-0.3, -0.25) is 24.1 Å². The van der Waals surface area contributed by atoms with E-state index in [9.17, 15) is 32.3 Å². The summed E-state index contributed by atoms with van der Waals surface area (Å²) in [7, 11) is 0. The number of rotatable bonds is 7. The van der Waals surface area contributed by atoms with E-state index >= 15 is 0 Å². The van der Waals surface area contributed by atoms with E-state index in [0.29, 0.717) is 11.3 Å². The number of alkyl halides is 3. The first kappa shape index (κ1) is 24.6. The van der Waals surface area contributed by atoms with Crippen LogP contribution in [0.2, 0.25) is 0 Å². The summed E-state index contributed by atoms with van der Waals surface area (Å²) in [6.07, 6.45) is -4.90. The van der Waals surface area contributed by atoms with E-state index in [1.165, 1.54) is 36.4 Å². The third-order valence-electron chi connectivity index (χ3n) is 5.64. The van der Waals surface area contributed by atoms with Crippen molar-refractivity contribution in [2.24, 2.45) is 0 Å². The first-order chi connectivity index (χ1) is 17.1. The molecular formula is C26H20F3N3O4. The van der Waals surface area contributed by atoms with Crippen molar-refractivity contribution in [3.05, 3.63) is 101 Å². The highest BCUT2D eigenvalue weighted by Gasteiger charge is 2.42. The Morgan fingerprint density at radius 1 is 0.778 bits per heavy atom. The molecule has 2 N–H and O–H groups in total. The minimum absolute atomic E-state index is 0.0830. The summed E-state index contributed by atoms with van der Waals surface area (Å²) in [5.41, 5.74) is 1.87. The number of nitrogens with one attached hydrogen (secondary N) is 2. The molecule has 10 heteroatoms. The molecule has 3 aromatic carbocycles. The van der Waals surface area contributed by atoms with Crippen LogP contribution in [0.15, 0.2) is 78.9 Å². The van der Waals surface area contributed by atoms with Gasteiger partial charge in [-0.25, -0.2) is 0 Å². The lowest BCUT2D eigenvalue weighted by atomic mass is 10.0. The zero-order chi connectivity index (χ0) is 25.9. The van der Waals surface area contributed by atoms with Gasteiger partial charge in [0.1, 0.15) is 6.04 Å². The maximum absolute atomic E-state index is 13.3. The highest BCUT2D eigenvalue weighted by Crippen LogP contribution is 2.27. The molecule has 0 saturated heterocycles. The smallest absolute Gasteiger partial charge is 0.344 e. The number of carbonyl (C=O) groups is 4. The molecule has 1 unspecified atom stereocenters. The summed E-state index contributed by atoms with van der Waals surface area (Å²) >= 11 is 0. The molecule has 184 valence electrons. The third-order valence-corrected chi connectivity index (χ3v) is 5.64. The van der Waals surface area contributed by atoms with E-state index in [0.717, 1.165) is 10.5 Å². The van der Waals surface area contributed by atoms with Gasteiger partial charge in [0.25, 0.3) is 11.8 Å². The maximum Gasteiger partial charge on any atom is 0.471 e.